The lowest BCUT2D eigenvalue weighted by molar-refractivity contribution is 0.461. The molecule has 2 aromatic rings. The second-order valence-electron chi connectivity index (χ2n) is 3.84. The Labute approximate surface area is 102 Å². The minimum Gasteiger partial charge on any atom is -0.435 e. The maximum Gasteiger partial charge on any atom is 0.264 e. The van der Waals surface area contributed by atoms with E-state index in [1.807, 2.05) is 19.9 Å². The van der Waals surface area contributed by atoms with E-state index in [-0.39, 0.29) is 11.7 Å². The van der Waals surface area contributed by atoms with Crippen molar-refractivity contribution in [2.45, 2.75) is 19.8 Å². The zero-order chi connectivity index (χ0) is 11.7. The van der Waals surface area contributed by atoms with Crippen LogP contribution < -0.4 is 0 Å². The summed E-state index contributed by atoms with van der Waals surface area (Å²) < 4.78 is 18.6. The van der Waals surface area contributed by atoms with E-state index in [1.54, 1.807) is 6.07 Å². The van der Waals surface area contributed by atoms with Crippen molar-refractivity contribution in [2.24, 2.45) is 0 Å². The summed E-state index contributed by atoms with van der Waals surface area (Å²) in [6, 6.07) is 6.35. The quantitative estimate of drug-likeness (QED) is 0.818. The van der Waals surface area contributed by atoms with E-state index in [2.05, 4.69) is 20.9 Å². The van der Waals surface area contributed by atoms with Gasteiger partial charge in [0.15, 0.2) is 0 Å². The molecule has 0 amide bonds. The Hall–Kier alpha value is -1.16. The molecule has 2 rings (SSSR count). The molecule has 4 heteroatoms. The molecule has 0 fully saturated rings. The molecule has 0 spiro atoms. The van der Waals surface area contributed by atoms with Crippen LogP contribution in [0.15, 0.2) is 33.5 Å². The Morgan fingerprint density at radius 2 is 2.12 bits per heavy atom. The highest BCUT2D eigenvalue weighted by atomic mass is 79.9. The first-order valence-electron chi connectivity index (χ1n) is 5.00. The maximum absolute atomic E-state index is 13.1. The summed E-state index contributed by atoms with van der Waals surface area (Å²) in [6.45, 7) is 4.02. The summed E-state index contributed by atoms with van der Waals surface area (Å²) in [5.41, 5.74) is 1.43. The highest BCUT2D eigenvalue weighted by molar-refractivity contribution is 9.10. The number of aromatic nitrogens is 1. The second kappa shape index (κ2) is 4.37. The van der Waals surface area contributed by atoms with E-state index in [0.717, 1.165) is 11.3 Å². The molecule has 0 aliphatic carbocycles. The van der Waals surface area contributed by atoms with Crippen LogP contribution in [-0.2, 0) is 0 Å². The minimum absolute atomic E-state index is 0.206. The first-order chi connectivity index (χ1) is 7.58. The van der Waals surface area contributed by atoms with E-state index >= 15 is 0 Å². The summed E-state index contributed by atoms with van der Waals surface area (Å²) >= 11 is 3.20. The van der Waals surface area contributed by atoms with E-state index in [1.165, 1.54) is 12.1 Å². The molecule has 1 aromatic heterocycles. The molecule has 0 N–H and O–H groups in total. The smallest absolute Gasteiger partial charge is 0.264 e. The second-order valence-corrected chi connectivity index (χ2v) is 4.52. The highest BCUT2D eigenvalue weighted by Gasteiger charge is 2.16. The van der Waals surface area contributed by atoms with Crippen LogP contribution >= 0.6 is 15.9 Å². The lowest BCUT2D eigenvalue weighted by atomic mass is 10.0. The average molecular weight is 284 g/mol. The molecule has 0 aliphatic rings. The van der Waals surface area contributed by atoms with Crippen molar-refractivity contribution >= 4 is 15.9 Å². The number of oxazole rings is 1. The maximum atomic E-state index is 13.1. The lowest BCUT2D eigenvalue weighted by Gasteiger charge is -2.03. The van der Waals surface area contributed by atoms with Crippen LogP contribution in [0.3, 0.4) is 0 Å². The van der Waals surface area contributed by atoms with E-state index in [4.69, 9.17) is 4.42 Å². The van der Waals surface area contributed by atoms with Gasteiger partial charge in [-0.25, -0.2) is 9.37 Å². The van der Waals surface area contributed by atoms with E-state index in [0.29, 0.717) is 10.5 Å². The molecule has 84 valence electrons. The van der Waals surface area contributed by atoms with Gasteiger partial charge in [0.25, 0.3) is 4.80 Å². The fourth-order valence-electron chi connectivity index (χ4n) is 1.54. The van der Waals surface area contributed by atoms with Crippen molar-refractivity contribution in [3.05, 3.63) is 40.6 Å². The highest BCUT2D eigenvalue weighted by Crippen LogP contribution is 2.31. The summed E-state index contributed by atoms with van der Waals surface area (Å²) in [7, 11) is 0. The average Bonchev–Trinajstić information content (AvgIpc) is 2.60. The molecular formula is C12H11BrFNO. The van der Waals surface area contributed by atoms with Crippen LogP contribution in [-0.4, -0.2) is 4.98 Å². The van der Waals surface area contributed by atoms with Crippen molar-refractivity contribution in [3.8, 4) is 11.3 Å². The predicted octanol–water partition coefficient (Wildman–Crippen LogP) is 4.37. The molecule has 0 unspecified atom stereocenters. The Morgan fingerprint density at radius 3 is 2.75 bits per heavy atom. The molecule has 1 heterocycles. The Bertz CT molecular complexity index is 507. The number of hydrogen-bond acceptors (Lipinski definition) is 2. The summed E-state index contributed by atoms with van der Waals surface area (Å²) in [5, 5.41) is 0. The van der Waals surface area contributed by atoms with Gasteiger partial charge in [-0.2, -0.15) is 0 Å². The van der Waals surface area contributed by atoms with Crippen molar-refractivity contribution in [1.82, 2.24) is 4.98 Å². The molecule has 1 aromatic carbocycles. The fourth-order valence-corrected chi connectivity index (χ4v) is 1.89. The topological polar surface area (TPSA) is 26.0 Å². The van der Waals surface area contributed by atoms with Gasteiger partial charge in [-0.05, 0) is 12.1 Å². The molecule has 0 aliphatic heterocycles. The fraction of sp³-hybridized carbons (Fsp3) is 0.250. The van der Waals surface area contributed by atoms with Crippen molar-refractivity contribution in [1.29, 1.82) is 0 Å². The van der Waals surface area contributed by atoms with Crippen LogP contribution in [0.2, 0.25) is 0 Å². The number of benzene rings is 1. The van der Waals surface area contributed by atoms with Gasteiger partial charge in [-0.3, -0.25) is 0 Å². The molecule has 0 saturated heterocycles. The molecule has 0 saturated carbocycles. The van der Waals surface area contributed by atoms with Crippen LogP contribution in [0.1, 0.15) is 25.5 Å². The zero-order valence-electron chi connectivity index (χ0n) is 9.00. The molecule has 0 atom stereocenters. The third kappa shape index (κ3) is 2.16. The van der Waals surface area contributed by atoms with Gasteiger partial charge in [-0.1, -0.05) is 26.0 Å². The predicted molar refractivity (Wildman–Crippen MR) is 63.7 cm³/mol. The molecule has 0 radical (unpaired) electrons. The third-order valence-electron chi connectivity index (χ3n) is 2.25. The Kier molecular flexibility index (Phi) is 3.10. The van der Waals surface area contributed by atoms with Crippen molar-refractivity contribution in [3.63, 3.8) is 0 Å². The van der Waals surface area contributed by atoms with Crippen molar-refractivity contribution in [2.75, 3.05) is 0 Å². The third-order valence-corrected chi connectivity index (χ3v) is 2.59. The van der Waals surface area contributed by atoms with Crippen molar-refractivity contribution < 1.29 is 8.81 Å². The summed E-state index contributed by atoms with van der Waals surface area (Å²) in [6.07, 6.45) is 0. The number of hydrogen-bond donors (Lipinski definition) is 0. The van der Waals surface area contributed by atoms with Crippen LogP contribution in [0.4, 0.5) is 4.39 Å². The van der Waals surface area contributed by atoms with Gasteiger partial charge in [0.1, 0.15) is 17.3 Å². The Balaban J connectivity index is 2.55. The van der Waals surface area contributed by atoms with Gasteiger partial charge in [0, 0.05) is 27.4 Å². The minimum atomic E-state index is -0.272. The largest absolute Gasteiger partial charge is 0.435 e. The number of rotatable bonds is 2. The summed E-state index contributed by atoms with van der Waals surface area (Å²) in [5.74, 6) is 0.695. The zero-order valence-corrected chi connectivity index (χ0v) is 10.6. The molecule has 16 heavy (non-hydrogen) atoms. The van der Waals surface area contributed by atoms with Gasteiger partial charge in [0.05, 0.1) is 0 Å². The number of halogens is 2. The van der Waals surface area contributed by atoms with E-state index < -0.39 is 0 Å². The van der Waals surface area contributed by atoms with Gasteiger partial charge < -0.3 is 4.42 Å². The van der Waals surface area contributed by atoms with Gasteiger partial charge in [0.2, 0.25) is 0 Å². The van der Waals surface area contributed by atoms with Gasteiger partial charge in [-0.15, -0.1) is 0 Å². The van der Waals surface area contributed by atoms with Crippen LogP contribution in [0.25, 0.3) is 11.3 Å². The number of nitrogens with zero attached hydrogens (tertiary/aromatic N) is 1. The van der Waals surface area contributed by atoms with Gasteiger partial charge >= 0.3 is 0 Å². The molecule has 2 nitrogen and oxygen atoms in total. The molecular weight excluding hydrogens is 273 g/mol. The Morgan fingerprint density at radius 1 is 1.38 bits per heavy atom. The monoisotopic (exact) mass is 283 g/mol. The summed E-state index contributed by atoms with van der Waals surface area (Å²) in [4.78, 5) is 4.65. The van der Waals surface area contributed by atoms with Crippen LogP contribution in [0, 0.1) is 5.82 Å². The standard InChI is InChI=1S/C12H11BrFNO/c1-7(2)11-10(15-12(13)16-11)8-4-3-5-9(14)6-8/h3-7H,1-2H3. The SMILES string of the molecule is CC(C)c1oc(Br)nc1-c1cccc(F)c1. The van der Waals surface area contributed by atoms with Crippen LogP contribution in [0.5, 0.6) is 0 Å². The normalized spacial score (nSPS) is 11.1. The lowest BCUT2D eigenvalue weighted by Crippen LogP contribution is -1.89. The molecule has 0 bridgehead atoms. The first kappa shape index (κ1) is 11.3. The first-order valence-corrected chi connectivity index (χ1v) is 5.79. The van der Waals surface area contributed by atoms with E-state index in [9.17, 15) is 4.39 Å².